The number of aromatic nitrogens is 1. The van der Waals surface area contributed by atoms with E-state index < -0.39 is 0 Å². The van der Waals surface area contributed by atoms with E-state index >= 15 is 0 Å². The van der Waals surface area contributed by atoms with E-state index in [1.165, 1.54) is 32.7 Å². The monoisotopic (exact) mass is 512 g/mol. The Morgan fingerprint density at radius 2 is 1.12 bits per heavy atom. The highest BCUT2D eigenvalue weighted by atomic mass is 16.3. The topological polar surface area (TPSA) is 29.3 Å². The van der Waals surface area contributed by atoms with E-state index in [0.717, 1.165) is 39.3 Å². The van der Waals surface area contributed by atoms with Crippen LogP contribution in [0.1, 0.15) is 0 Å². The van der Waals surface area contributed by atoms with E-state index in [4.69, 9.17) is 9.40 Å². The lowest BCUT2D eigenvalue weighted by Gasteiger charge is -2.25. The summed E-state index contributed by atoms with van der Waals surface area (Å²) in [5.74, 6) is 0.839. The van der Waals surface area contributed by atoms with Gasteiger partial charge in [-0.05, 0) is 81.2 Å². The van der Waals surface area contributed by atoms with Gasteiger partial charge in [0.2, 0.25) is 0 Å². The van der Waals surface area contributed by atoms with Crippen molar-refractivity contribution in [3.05, 3.63) is 146 Å². The van der Waals surface area contributed by atoms with Crippen molar-refractivity contribution in [1.82, 2.24) is 4.98 Å². The Bertz CT molecular complexity index is 2160. The number of nitrogens with zero attached hydrogens (tertiary/aromatic N) is 2. The molecule has 40 heavy (non-hydrogen) atoms. The van der Waals surface area contributed by atoms with Crippen molar-refractivity contribution >= 4 is 60.8 Å². The number of hydrogen-bond donors (Lipinski definition) is 0. The largest absolute Gasteiger partial charge is 0.454 e. The molecule has 0 N–H and O–H groups in total. The number of fused-ring (bicyclic) bond motifs is 6. The Morgan fingerprint density at radius 1 is 0.450 bits per heavy atom. The summed E-state index contributed by atoms with van der Waals surface area (Å²) < 4.78 is 6.08. The fourth-order valence-electron chi connectivity index (χ4n) is 5.69. The maximum Gasteiger partial charge on any atom is 0.154 e. The highest BCUT2D eigenvalue weighted by Crippen LogP contribution is 2.39. The molecule has 6 aromatic carbocycles. The number of benzene rings is 6. The maximum atomic E-state index is 6.08. The normalized spacial score (nSPS) is 11.5. The number of para-hydroxylation sites is 1. The summed E-state index contributed by atoms with van der Waals surface area (Å²) in [6, 6.07) is 50.9. The lowest BCUT2D eigenvalue weighted by molar-refractivity contribution is 0.668. The predicted molar refractivity (Wildman–Crippen MR) is 167 cm³/mol. The van der Waals surface area contributed by atoms with Crippen LogP contribution in [0.4, 0.5) is 17.2 Å². The van der Waals surface area contributed by atoms with Gasteiger partial charge in [0.1, 0.15) is 16.9 Å². The van der Waals surface area contributed by atoms with Crippen molar-refractivity contribution in [3.8, 4) is 11.1 Å². The van der Waals surface area contributed by atoms with Crippen LogP contribution in [-0.2, 0) is 0 Å². The van der Waals surface area contributed by atoms with Gasteiger partial charge in [0.25, 0.3) is 0 Å². The van der Waals surface area contributed by atoms with E-state index in [9.17, 15) is 0 Å². The molecule has 3 heteroatoms. The van der Waals surface area contributed by atoms with Crippen LogP contribution in [0, 0.1) is 0 Å². The van der Waals surface area contributed by atoms with Crippen molar-refractivity contribution in [1.29, 1.82) is 0 Å². The standard InChI is InChI=1S/C37H24N2O/c1-2-8-25(9-3-1)26-16-18-29(19-17-26)39(36-23-22-35-37(38-36)33-12-6-7-13-34(33)40-35)30-20-21-32-28(24-30)15-14-27-10-4-5-11-31(27)32/h1-24H. The fourth-order valence-corrected chi connectivity index (χ4v) is 5.69. The Labute approximate surface area is 231 Å². The Morgan fingerprint density at radius 3 is 2.00 bits per heavy atom. The molecule has 0 bridgehead atoms. The third-order valence-electron chi connectivity index (χ3n) is 7.65. The minimum Gasteiger partial charge on any atom is -0.454 e. The zero-order chi connectivity index (χ0) is 26.5. The molecule has 8 rings (SSSR count). The lowest BCUT2D eigenvalue weighted by atomic mass is 10.0. The molecule has 0 unspecified atom stereocenters. The summed E-state index contributed by atoms with van der Waals surface area (Å²) in [6.45, 7) is 0. The third kappa shape index (κ3) is 3.71. The average Bonchev–Trinajstić information content (AvgIpc) is 3.40. The molecule has 188 valence electrons. The van der Waals surface area contributed by atoms with Gasteiger partial charge < -0.3 is 4.42 Å². The molecule has 0 saturated carbocycles. The summed E-state index contributed by atoms with van der Waals surface area (Å²) in [7, 11) is 0. The molecular formula is C37H24N2O. The van der Waals surface area contributed by atoms with Crippen molar-refractivity contribution < 1.29 is 4.42 Å². The molecular weight excluding hydrogens is 488 g/mol. The molecule has 0 fully saturated rings. The van der Waals surface area contributed by atoms with Crippen molar-refractivity contribution in [2.45, 2.75) is 0 Å². The second-order valence-corrected chi connectivity index (χ2v) is 10.1. The first-order chi connectivity index (χ1) is 19.8. The molecule has 0 aliphatic carbocycles. The van der Waals surface area contributed by atoms with Crippen LogP contribution in [0.2, 0.25) is 0 Å². The average molecular weight is 513 g/mol. The summed E-state index contributed by atoms with van der Waals surface area (Å²) in [6.07, 6.45) is 0. The Hall–Kier alpha value is -5.41. The van der Waals surface area contributed by atoms with Gasteiger partial charge in [0, 0.05) is 16.8 Å². The third-order valence-corrected chi connectivity index (χ3v) is 7.65. The van der Waals surface area contributed by atoms with Gasteiger partial charge in [-0.15, -0.1) is 0 Å². The number of furan rings is 1. The van der Waals surface area contributed by atoms with Crippen LogP contribution in [0.3, 0.4) is 0 Å². The van der Waals surface area contributed by atoms with Gasteiger partial charge in [-0.3, -0.25) is 4.90 Å². The minimum atomic E-state index is 0.786. The first-order valence-electron chi connectivity index (χ1n) is 13.5. The number of hydrogen-bond acceptors (Lipinski definition) is 3. The molecule has 2 heterocycles. The van der Waals surface area contributed by atoms with Gasteiger partial charge in [-0.25, -0.2) is 4.98 Å². The SMILES string of the molecule is c1ccc(-c2ccc(N(c3ccc4c(ccc5ccccc54)c3)c3ccc4oc5ccccc5c4n3)cc2)cc1. The zero-order valence-electron chi connectivity index (χ0n) is 21.7. The van der Waals surface area contributed by atoms with Crippen LogP contribution in [0.5, 0.6) is 0 Å². The second-order valence-electron chi connectivity index (χ2n) is 10.1. The maximum absolute atomic E-state index is 6.08. The highest BCUT2D eigenvalue weighted by Gasteiger charge is 2.17. The molecule has 0 amide bonds. The van der Waals surface area contributed by atoms with Gasteiger partial charge in [-0.1, -0.05) is 97.1 Å². The van der Waals surface area contributed by atoms with Crippen LogP contribution in [0.15, 0.2) is 150 Å². The van der Waals surface area contributed by atoms with Crippen molar-refractivity contribution in [2.24, 2.45) is 0 Å². The molecule has 0 aliphatic rings. The van der Waals surface area contributed by atoms with Crippen LogP contribution in [-0.4, -0.2) is 4.98 Å². The lowest BCUT2D eigenvalue weighted by Crippen LogP contribution is -2.11. The molecule has 0 saturated heterocycles. The molecule has 0 atom stereocenters. The summed E-state index contributed by atoms with van der Waals surface area (Å²) in [4.78, 5) is 7.39. The number of anilines is 3. The first-order valence-corrected chi connectivity index (χ1v) is 13.5. The van der Waals surface area contributed by atoms with Crippen molar-refractivity contribution in [3.63, 3.8) is 0 Å². The first kappa shape index (κ1) is 22.6. The number of pyridine rings is 1. The highest BCUT2D eigenvalue weighted by molar-refractivity contribution is 6.09. The molecule has 3 nitrogen and oxygen atoms in total. The Kier molecular flexibility index (Phi) is 5.14. The molecule has 0 spiro atoms. The summed E-state index contributed by atoms with van der Waals surface area (Å²) >= 11 is 0. The minimum absolute atomic E-state index is 0.786. The van der Waals surface area contributed by atoms with Crippen LogP contribution in [0.25, 0.3) is 54.7 Å². The quantitative estimate of drug-likeness (QED) is 0.220. The van der Waals surface area contributed by atoms with E-state index in [1.807, 2.05) is 36.4 Å². The fraction of sp³-hybridized carbons (Fsp3) is 0. The van der Waals surface area contributed by atoms with Gasteiger partial charge in [-0.2, -0.15) is 0 Å². The van der Waals surface area contributed by atoms with Crippen molar-refractivity contribution in [2.75, 3.05) is 4.90 Å². The van der Waals surface area contributed by atoms with Gasteiger partial charge >= 0.3 is 0 Å². The smallest absolute Gasteiger partial charge is 0.154 e. The van der Waals surface area contributed by atoms with Gasteiger partial charge in [0.05, 0.1) is 0 Å². The van der Waals surface area contributed by atoms with E-state index in [-0.39, 0.29) is 0 Å². The Balaban J connectivity index is 1.32. The van der Waals surface area contributed by atoms with E-state index in [1.54, 1.807) is 0 Å². The van der Waals surface area contributed by atoms with Crippen LogP contribution >= 0.6 is 0 Å². The summed E-state index contributed by atoms with van der Waals surface area (Å²) in [5.41, 5.74) is 6.97. The molecule has 0 radical (unpaired) electrons. The summed E-state index contributed by atoms with van der Waals surface area (Å²) in [5, 5.41) is 5.95. The van der Waals surface area contributed by atoms with E-state index in [2.05, 4.69) is 114 Å². The molecule has 0 aliphatic heterocycles. The van der Waals surface area contributed by atoms with Gasteiger partial charge in [0.15, 0.2) is 5.58 Å². The predicted octanol–water partition coefficient (Wildman–Crippen LogP) is 10.4. The molecule has 2 aromatic heterocycles. The van der Waals surface area contributed by atoms with E-state index in [0.29, 0.717) is 0 Å². The molecule has 8 aromatic rings. The van der Waals surface area contributed by atoms with Crippen LogP contribution < -0.4 is 4.90 Å². The second kappa shape index (κ2) is 9.11. The zero-order valence-corrected chi connectivity index (χ0v) is 21.7. The number of rotatable bonds is 4.